The summed E-state index contributed by atoms with van der Waals surface area (Å²) >= 11 is 5.32. The topological polar surface area (TPSA) is 58.7 Å². The SMILES string of the molecule is S=C(NCCN1CCOCC1)Nc1ccc(Oc2ccccc2)nc1. The van der Waals surface area contributed by atoms with E-state index in [4.69, 9.17) is 21.7 Å². The first-order valence-electron chi connectivity index (χ1n) is 8.33. The Morgan fingerprint density at radius 2 is 1.96 bits per heavy atom. The zero-order valence-corrected chi connectivity index (χ0v) is 14.8. The zero-order chi connectivity index (χ0) is 17.3. The van der Waals surface area contributed by atoms with Gasteiger partial charge in [-0.2, -0.15) is 0 Å². The van der Waals surface area contributed by atoms with Gasteiger partial charge in [0.05, 0.1) is 25.1 Å². The number of hydrogen-bond acceptors (Lipinski definition) is 5. The van der Waals surface area contributed by atoms with Crippen LogP contribution in [-0.4, -0.2) is 54.4 Å². The monoisotopic (exact) mass is 358 g/mol. The maximum absolute atomic E-state index is 5.67. The average molecular weight is 358 g/mol. The molecule has 132 valence electrons. The molecule has 1 aliphatic heterocycles. The molecule has 1 aromatic carbocycles. The van der Waals surface area contributed by atoms with Crippen LogP contribution in [0.2, 0.25) is 0 Å². The average Bonchev–Trinajstić information content (AvgIpc) is 2.65. The van der Waals surface area contributed by atoms with Gasteiger partial charge >= 0.3 is 0 Å². The van der Waals surface area contributed by atoms with Gasteiger partial charge in [-0.3, -0.25) is 4.90 Å². The number of ether oxygens (including phenoxy) is 2. The van der Waals surface area contributed by atoms with Crippen LogP contribution in [-0.2, 0) is 4.74 Å². The molecule has 6 nitrogen and oxygen atoms in total. The smallest absolute Gasteiger partial charge is 0.219 e. The number of morpholine rings is 1. The van der Waals surface area contributed by atoms with E-state index in [1.54, 1.807) is 6.20 Å². The minimum atomic E-state index is 0.544. The second-order valence-electron chi connectivity index (χ2n) is 5.64. The Kier molecular flexibility index (Phi) is 6.55. The first kappa shape index (κ1) is 17.6. The van der Waals surface area contributed by atoms with Crippen molar-refractivity contribution >= 4 is 23.0 Å². The van der Waals surface area contributed by atoms with Gasteiger partial charge in [-0.25, -0.2) is 4.98 Å². The molecule has 0 aliphatic carbocycles. The molecule has 0 amide bonds. The summed E-state index contributed by atoms with van der Waals surface area (Å²) in [7, 11) is 0. The molecule has 1 aromatic heterocycles. The highest BCUT2D eigenvalue weighted by Gasteiger charge is 2.09. The van der Waals surface area contributed by atoms with Gasteiger partial charge in [-0.15, -0.1) is 0 Å². The molecule has 3 rings (SSSR count). The molecule has 25 heavy (non-hydrogen) atoms. The first-order chi connectivity index (χ1) is 12.3. The zero-order valence-electron chi connectivity index (χ0n) is 14.0. The highest BCUT2D eigenvalue weighted by Crippen LogP contribution is 2.19. The Balaban J connectivity index is 1.40. The van der Waals surface area contributed by atoms with Gasteiger partial charge in [0.25, 0.3) is 0 Å². The van der Waals surface area contributed by atoms with E-state index in [1.165, 1.54) is 0 Å². The summed E-state index contributed by atoms with van der Waals surface area (Å²) in [6.07, 6.45) is 1.70. The number of pyridine rings is 1. The fraction of sp³-hybridized carbons (Fsp3) is 0.333. The van der Waals surface area contributed by atoms with Crippen LogP contribution in [0.15, 0.2) is 48.7 Å². The van der Waals surface area contributed by atoms with Crippen molar-refractivity contribution in [3.8, 4) is 11.6 Å². The molecule has 0 radical (unpaired) electrons. The van der Waals surface area contributed by atoms with Crippen molar-refractivity contribution in [2.45, 2.75) is 0 Å². The van der Waals surface area contributed by atoms with Crippen LogP contribution in [0.4, 0.5) is 5.69 Å². The maximum Gasteiger partial charge on any atom is 0.219 e. The van der Waals surface area contributed by atoms with E-state index in [0.29, 0.717) is 11.0 Å². The quantitative estimate of drug-likeness (QED) is 0.770. The first-order valence-corrected chi connectivity index (χ1v) is 8.74. The predicted molar refractivity (Wildman–Crippen MR) is 102 cm³/mol. The Morgan fingerprint density at radius 3 is 2.68 bits per heavy atom. The van der Waals surface area contributed by atoms with Crippen molar-refractivity contribution in [1.82, 2.24) is 15.2 Å². The van der Waals surface area contributed by atoms with Crippen LogP contribution in [0.25, 0.3) is 0 Å². The number of para-hydroxylation sites is 1. The Morgan fingerprint density at radius 1 is 1.16 bits per heavy atom. The number of nitrogens with zero attached hydrogens (tertiary/aromatic N) is 2. The minimum absolute atomic E-state index is 0.544. The minimum Gasteiger partial charge on any atom is -0.439 e. The Hall–Kier alpha value is -2.22. The Labute approximate surface area is 153 Å². The maximum atomic E-state index is 5.67. The van der Waals surface area contributed by atoms with Crippen molar-refractivity contribution in [3.05, 3.63) is 48.7 Å². The van der Waals surface area contributed by atoms with Crippen LogP contribution >= 0.6 is 12.2 Å². The van der Waals surface area contributed by atoms with Crippen molar-refractivity contribution in [3.63, 3.8) is 0 Å². The molecule has 7 heteroatoms. The lowest BCUT2D eigenvalue weighted by Gasteiger charge is -2.26. The normalized spacial score (nSPS) is 14.7. The highest BCUT2D eigenvalue weighted by molar-refractivity contribution is 7.80. The third kappa shape index (κ3) is 5.97. The molecule has 0 unspecified atom stereocenters. The molecule has 1 aliphatic rings. The molecule has 0 saturated carbocycles. The van der Waals surface area contributed by atoms with Gasteiger partial charge in [-0.1, -0.05) is 18.2 Å². The third-order valence-corrected chi connectivity index (χ3v) is 4.02. The van der Waals surface area contributed by atoms with Gasteiger partial charge in [0.2, 0.25) is 5.88 Å². The number of rotatable bonds is 6. The number of hydrogen-bond donors (Lipinski definition) is 2. The number of anilines is 1. The number of nitrogens with one attached hydrogen (secondary N) is 2. The highest BCUT2D eigenvalue weighted by atomic mass is 32.1. The standard InChI is InChI=1S/C18H22N4O2S/c25-18(19-8-9-22-10-12-23-13-11-22)21-15-6-7-17(20-14-15)24-16-4-2-1-3-5-16/h1-7,14H,8-13H2,(H2,19,21,25). The molecule has 0 atom stereocenters. The number of thiocarbonyl (C=S) groups is 1. The number of aromatic nitrogens is 1. The van der Waals surface area contributed by atoms with E-state index in [2.05, 4.69) is 20.5 Å². The summed E-state index contributed by atoms with van der Waals surface area (Å²) in [4.78, 5) is 6.64. The van der Waals surface area contributed by atoms with Gasteiger partial charge in [-0.05, 0) is 30.4 Å². The van der Waals surface area contributed by atoms with Crippen LogP contribution < -0.4 is 15.4 Å². The molecular formula is C18H22N4O2S. The summed E-state index contributed by atoms with van der Waals surface area (Å²) in [6.45, 7) is 5.34. The van der Waals surface area contributed by atoms with Crippen molar-refractivity contribution < 1.29 is 9.47 Å². The van der Waals surface area contributed by atoms with Crippen molar-refractivity contribution in [1.29, 1.82) is 0 Å². The molecule has 1 fully saturated rings. The van der Waals surface area contributed by atoms with Crippen molar-refractivity contribution in [2.75, 3.05) is 44.7 Å². The third-order valence-electron chi connectivity index (χ3n) is 3.78. The van der Waals surface area contributed by atoms with Crippen LogP contribution in [0.3, 0.4) is 0 Å². The lowest BCUT2D eigenvalue weighted by Crippen LogP contribution is -2.42. The second kappa shape index (κ2) is 9.31. The van der Waals surface area contributed by atoms with Crippen LogP contribution in [0.1, 0.15) is 0 Å². The largest absolute Gasteiger partial charge is 0.439 e. The van der Waals surface area contributed by atoms with Gasteiger partial charge in [0.1, 0.15) is 5.75 Å². The lowest BCUT2D eigenvalue weighted by atomic mass is 10.3. The summed E-state index contributed by atoms with van der Waals surface area (Å²) in [5, 5.41) is 6.93. The van der Waals surface area contributed by atoms with E-state index < -0.39 is 0 Å². The summed E-state index contributed by atoms with van der Waals surface area (Å²) < 4.78 is 11.0. The molecular weight excluding hydrogens is 336 g/mol. The molecule has 0 bridgehead atoms. The van der Waals surface area contributed by atoms with Crippen LogP contribution in [0, 0.1) is 0 Å². The van der Waals surface area contributed by atoms with E-state index in [0.717, 1.165) is 50.8 Å². The summed E-state index contributed by atoms with van der Waals surface area (Å²) in [5.74, 6) is 1.30. The van der Waals surface area contributed by atoms with E-state index >= 15 is 0 Å². The molecule has 2 heterocycles. The predicted octanol–water partition coefficient (Wildman–Crippen LogP) is 2.49. The van der Waals surface area contributed by atoms with Crippen LogP contribution in [0.5, 0.6) is 11.6 Å². The fourth-order valence-electron chi connectivity index (χ4n) is 2.45. The number of benzene rings is 1. The van der Waals surface area contributed by atoms with E-state index in [-0.39, 0.29) is 0 Å². The van der Waals surface area contributed by atoms with Gasteiger partial charge in [0, 0.05) is 32.2 Å². The molecule has 1 saturated heterocycles. The van der Waals surface area contributed by atoms with Crippen molar-refractivity contribution in [2.24, 2.45) is 0 Å². The van der Waals surface area contributed by atoms with E-state index in [1.807, 2.05) is 42.5 Å². The van der Waals surface area contributed by atoms with Gasteiger partial charge in [0.15, 0.2) is 5.11 Å². The second-order valence-corrected chi connectivity index (χ2v) is 6.04. The Bertz CT molecular complexity index is 661. The van der Waals surface area contributed by atoms with E-state index in [9.17, 15) is 0 Å². The molecule has 2 N–H and O–H groups in total. The molecule has 2 aromatic rings. The fourth-order valence-corrected chi connectivity index (χ4v) is 2.67. The summed E-state index contributed by atoms with van der Waals surface area (Å²) in [5.41, 5.74) is 0.823. The molecule has 0 spiro atoms. The van der Waals surface area contributed by atoms with Gasteiger partial charge < -0.3 is 20.1 Å². The summed E-state index contributed by atoms with van der Waals surface area (Å²) in [6, 6.07) is 13.3. The lowest BCUT2D eigenvalue weighted by molar-refractivity contribution is 0.0389.